The fourth-order valence-corrected chi connectivity index (χ4v) is 4.07. The summed E-state index contributed by atoms with van der Waals surface area (Å²) in [7, 11) is -3.34. The van der Waals surface area contributed by atoms with E-state index in [1.807, 2.05) is 6.92 Å². The Morgan fingerprint density at radius 2 is 1.80 bits per heavy atom. The number of nitrogens with zero attached hydrogens (tertiary/aromatic N) is 5. The standard InChI is InChI=1S/C14H25N6O4P/c1-9(2)23-25(21,24-10(3)4)8-22-11(5)6-20-14-12(18-19-20)13(15)16-7-17-14/h7,9-11H,6,8H2,1-5H3,(H2,15,16,17)/t11-/m1/s1. The minimum atomic E-state index is -3.34. The van der Waals surface area contributed by atoms with Crippen LogP contribution in [-0.2, 0) is 24.9 Å². The van der Waals surface area contributed by atoms with Crippen LogP contribution in [0, 0.1) is 0 Å². The molecule has 0 aliphatic rings. The van der Waals surface area contributed by atoms with Crippen molar-refractivity contribution in [3.63, 3.8) is 0 Å². The summed E-state index contributed by atoms with van der Waals surface area (Å²) in [6.45, 7) is 9.37. The monoisotopic (exact) mass is 372 g/mol. The third-order valence-electron chi connectivity index (χ3n) is 3.02. The lowest BCUT2D eigenvalue weighted by Gasteiger charge is -2.24. The number of aromatic nitrogens is 5. The van der Waals surface area contributed by atoms with Crippen LogP contribution in [-0.4, -0.2) is 49.6 Å². The summed E-state index contributed by atoms with van der Waals surface area (Å²) in [5.74, 6) is 0.269. The fraction of sp³-hybridized carbons (Fsp3) is 0.714. The molecule has 2 rings (SSSR count). The van der Waals surface area contributed by atoms with Crippen molar-refractivity contribution in [3.8, 4) is 0 Å². The maximum Gasteiger partial charge on any atom is 0.356 e. The Hall–Kier alpha value is -1.61. The second-order valence-electron chi connectivity index (χ2n) is 6.23. The summed E-state index contributed by atoms with van der Waals surface area (Å²) in [5, 5.41) is 7.97. The Kier molecular flexibility index (Phi) is 6.45. The summed E-state index contributed by atoms with van der Waals surface area (Å²) >= 11 is 0. The smallest absolute Gasteiger partial charge is 0.356 e. The number of nitrogens with two attached hydrogens (primary N) is 1. The number of rotatable bonds is 9. The molecule has 25 heavy (non-hydrogen) atoms. The molecule has 2 N–H and O–H groups in total. The molecule has 0 aliphatic heterocycles. The van der Waals surface area contributed by atoms with Gasteiger partial charge in [0, 0.05) is 0 Å². The Bertz CT molecular complexity index is 736. The minimum Gasteiger partial charge on any atom is -0.382 e. The Morgan fingerprint density at radius 3 is 2.40 bits per heavy atom. The van der Waals surface area contributed by atoms with Gasteiger partial charge in [-0.05, 0) is 34.6 Å². The molecule has 0 aromatic carbocycles. The van der Waals surface area contributed by atoms with Gasteiger partial charge >= 0.3 is 7.60 Å². The normalized spacial score (nSPS) is 13.9. The molecule has 2 heterocycles. The Balaban J connectivity index is 2.01. The molecule has 0 radical (unpaired) electrons. The van der Waals surface area contributed by atoms with Crippen molar-refractivity contribution in [2.45, 2.75) is 59.5 Å². The molecule has 10 nitrogen and oxygen atoms in total. The lowest BCUT2D eigenvalue weighted by Crippen LogP contribution is -2.20. The van der Waals surface area contributed by atoms with Crippen LogP contribution in [0.25, 0.3) is 11.2 Å². The zero-order valence-electron chi connectivity index (χ0n) is 15.1. The topological polar surface area (TPSA) is 127 Å². The number of ether oxygens (including phenoxy) is 1. The van der Waals surface area contributed by atoms with E-state index in [-0.39, 0.29) is 30.5 Å². The number of fused-ring (bicyclic) bond motifs is 1. The summed E-state index contributed by atoms with van der Waals surface area (Å²) < 4.78 is 30.9. The molecule has 2 aromatic heterocycles. The lowest BCUT2D eigenvalue weighted by atomic mass is 10.4. The maximum atomic E-state index is 12.8. The second kappa shape index (κ2) is 8.18. The Labute approximate surface area is 146 Å². The maximum absolute atomic E-state index is 12.8. The zero-order chi connectivity index (χ0) is 18.6. The quantitative estimate of drug-likeness (QED) is 0.659. The predicted molar refractivity (Wildman–Crippen MR) is 93.0 cm³/mol. The van der Waals surface area contributed by atoms with Crippen molar-refractivity contribution < 1.29 is 18.3 Å². The van der Waals surface area contributed by atoms with Gasteiger partial charge in [0.15, 0.2) is 17.0 Å². The van der Waals surface area contributed by atoms with Crippen LogP contribution in [0.15, 0.2) is 6.33 Å². The van der Waals surface area contributed by atoms with E-state index in [1.54, 1.807) is 32.4 Å². The van der Waals surface area contributed by atoms with E-state index in [0.29, 0.717) is 17.7 Å². The molecule has 0 bridgehead atoms. The second-order valence-corrected chi connectivity index (χ2v) is 8.13. The summed E-state index contributed by atoms with van der Waals surface area (Å²) in [5.41, 5.74) is 6.69. The van der Waals surface area contributed by atoms with Gasteiger partial charge < -0.3 is 19.5 Å². The van der Waals surface area contributed by atoms with E-state index in [0.717, 1.165) is 0 Å². The van der Waals surface area contributed by atoms with Crippen molar-refractivity contribution in [3.05, 3.63) is 6.33 Å². The van der Waals surface area contributed by atoms with E-state index < -0.39 is 7.60 Å². The van der Waals surface area contributed by atoms with E-state index in [9.17, 15) is 4.57 Å². The van der Waals surface area contributed by atoms with Gasteiger partial charge in [0.1, 0.15) is 12.7 Å². The van der Waals surface area contributed by atoms with Crippen LogP contribution in [0.5, 0.6) is 0 Å². The molecule has 0 amide bonds. The van der Waals surface area contributed by atoms with E-state index in [4.69, 9.17) is 19.5 Å². The molecule has 0 spiro atoms. The van der Waals surface area contributed by atoms with E-state index in [2.05, 4.69) is 20.3 Å². The van der Waals surface area contributed by atoms with Gasteiger partial charge in [-0.3, -0.25) is 4.57 Å². The highest BCUT2D eigenvalue weighted by atomic mass is 31.2. The molecule has 1 atom stereocenters. The highest BCUT2D eigenvalue weighted by molar-refractivity contribution is 7.53. The first-order valence-corrected chi connectivity index (χ1v) is 9.80. The van der Waals surface area contributed by atoms with Crippen molar-refractivity contribution in [2.75, 3.05) is 12.1 Å². The molecule has 0 saturated heterocycles. The highest BCUT2D eigenvalue weighted by Gasteiger charge is 2.29. The molecular weight excluding hydrogens is 347 g/mol. The number of hydrogen-bond donors (Lipinski definition) is 1. The van der Waals surface area contributed by atoms with Gasteiger partial charge in [0.2, 0.25) is 0 Å². The van der Waals surface area contributed by atoms with Gasteiger partial charge in [0.25, 0.3) is 0 Å². The first kappa shape index (κ1) is 19.7. The average Bonchev–Trinajstić information content (AvgIpc) is 2.88. The van der Waals surface area contributed by atoms with Gasteiger partial charge in [-0.15, -0.1) is 5.10 Å². The van der Waals surface area contributed by atoms with Crippen LogP contribution in [0.1, 0.15) is 34.6 Å². The van der Waals surface area contributed by atoms with E-state index in [1.165, 1.54) is 6.33 Å². The first-order valence-electron chi connectivity index (χ1n) is 8.07. The molecule has 0 aliphatic carbocycles. The third-order valence-corrected chi connectivity index (χ3v) is 4.97. The van der Waals surface area contributed by atoms with Gasteiger partial charge in [0.05, 0.1) is 24.9 Å². The molecule has 11 heteroatoms. The summed E-state index contributed by atoms with van der Waals surface area (Å²) in [4.78, 5) is 8.00. The van der Waals surface area contributed by atoms with Crippen molar-refractivity contribution in [1.29, 1.82) is 0 Å². The van der Waals surface area contributed by atoms with Crippen LogP contribution >= 0.6 is 7.60 Å². The average molecular weight is 372 g/mol. The molecule has 140 valence electrons. The van der Waals surface area contributed by atoms with Crippen LogP contribution in [0.4, 0.5) is 5.82 Å². The van der Waals surface area contributed by atoms with Crippen LogP contribution < -0.4 is 5.73 Å². The zero-order valence-corrected chi connectivity index (χ0v) is 16.0. The number of nitrogen functional groups attached to an aromatic ring is 1. The molecular formula is C14H25N6O4P. The van der Waals surface area contributed by atoms with Gasteiger partial charge in [-0.25, -0.2) is 14.6 Å². The fourth-order valence-electron chi connectivity index (χ4n) is 2.17. The van der Waals surface area contributed by atoms with Gasteiger partial charge in [-0.2, -0.15) is 0 Å². The largest absolute Gasteiger partial charge is 0.382 e. The Morgan fingerprint density at radius 1 is 1.16 bits per heavy atom. The molecule has 2 aromatic rings. The number of hydrogen-bond acceptors (Lipinski definition) is 9. The molecule has 0 fully saturated rings. The lowest BCUT2D eigenvalue weighted by molar-refractivity contribution is 0.0529. The van der Waals surface area contributed by atoms with Gasteiger partial charge in [-0.1, -0.05) is 5.21 Å². The molecule has 0 unspecified atom stereocenters. The van der Waals surface area contributed by atoms with Crippen molar-refractivity contribution >= 4 is 24.6 Å². The third kappa shape index (κ3) is 5.43. The minimum absolute atomic E-state index is 0.145. The summed E-state index contributed by atoms with van der Waals surface area (Å²) in [6, 6.07) is 0. The van der Waals surface area contributed by atoms with Crippen LogP contribution in [0.2, 0.25) is 0 Å². The number of anilines is 1. The first-order chi connectivity index (χ1) is 11.7. The van der Waals surface area contributed by atoms with Crippen molar-refractivity contribution in [1.82, 2.24) is 25.0 Å². The summed E-state index contributed by atoms with van der Waals surface area (Å²) in [6.07, 6.45) is 0.421. The van der Waals surface area contributed by atoms with Crippen LogP contribution in [0.3, 0.4) is 0 Å². The van der Waals surface area contributed by atoms with E-state index >= 15 is 0 Å². The highest BCUT2D eigenvalue weighted by Crippen LogP contribution is 2.50. The SMILES string of the molecule is CC(C)OP(=O)(CO[C@H](C)Cn1nnc2c(N)ncnc21)OC(C)C. The van der Waals surface area contributed by atoms with Crippen molar-refractivity contribution in [2.24, 2.45) is 0 Å². The predicted octanol–water partition coefficient (Wildman–Crippen LogP) is 2.21. The molecule has 0 saturated carbocycles.